The summed E-state index contributed by atoms with van der Waals surface area (Å²) in [5.41, 5.74) is 0.905. The largest absolute Gasteiger partial charge is 0.418 e. The van der Waals surface area contributed by atoms with Gasteiger partial charge in [-0.05, 0) is 30.9 Å². The fraction of sp³-hybridized carbons (Fsp3) is 0.444. The van der Waals surface area contributed by atoms with Crippen molar-refractivity contribution in [3.05, 3.63) is 42.1 Å². The monoisotopic (exact) mass is 313 g/mol. The molecule has 0 radical (unpaired) electrons. The van der Waals surface area contributed by atoms with E-state index in [2.05, 4.69) is 31.2 Å². The molecule has 5 nitrogen and oxygen atoms in total. The number of hydrogen-bond donors (Lipinski definition) is 1. The molecule has 1 aromatic carbocycles. The van der Waals surface area contributed by atoms with E-state index in [1.54, 1.807) is 12.1 Å². The lowest BCUT2D eigenvalue weighted by Crippen LogP contribution is -2.19. The van der Waals surface area contributed by atoms with Gasteiger partial charge in [0, 0.05) is 18.0 Å². The molecule has 1 fully saturated rings. The van der Waals surface area contributed by atoms with Crippen molar-refractivity contribution in [2.24, 2.45) is 5.92 Å². The van der Waals surface area contributed by atoms with Crippen LogP contribution in [0.25, 0.3) is 0 Å². The van der Waals surface area contributed by atoms with E-state index in [4.69, 9.17) is 4.74 Å². The van der Waals surface area contributed by atoms with Gasteiger partial charge in [0.25, 0.3) is 0 Å². The SMILES string of the molecule is CC(C)(C)c1cc(NC(=O)Oc2ccccc2)n(CC2CC2)n1. The summed E-state index contributed by atoms with van der Waals surface area (Å²) in [5.74, 6) is 1.89. The predicted molar refractivity (Wildman–Crippen MR) is 89.7 cm³/mol. The van der Waals surface area contributed by atoms with Crippen molar-refractivity contribution in [2.75, 3.05) is 5.32 Å². The standard InChI is InChI=1S/C18H23N3O2/c1-18(2,3)15-11-16(21(20-15)12-13-9-10-13)19-17(22)23-14-7-5-4-6-8-14/h4-8,11,13H,9-10,12H2,1-3H3,(H,19,22). The molecule has 0 saturated heterocycles. The number of hydrogen-bond acceptors (Lipinski definition) is 3. The molecule has 1 aromatic heterocycles. The minimum atomic E-state index is -0.492. The molecule has 0 aliphatic heterocycles. The van der Waals surface area contributed by atoms with Crippen LogP contribution in [0, 0.1) is 5.92 Å². The van der Waals surface area contributed by atoms with Gasteiger partial charge in [-0.15, -0.1) is 0 Å². The van der Waals surface area contributed by atoms with Crippen LogP contribution in [0.1, 0.15) is 39.3 Å². The summed E-state index contributed by atoms with van der Waals surface area (Å²) in [5, 5.41) is 7.49. The number of carbonyl (C=O) groups is 1. The Kier molecular flexibility index (Phi) is 4.11. The lowest BCUT2D eigenvalue weighted by atomic mass is 9.92. The van der Waals surface area contributed by atoms with E-state index >= 15 is 0 Å². The molecular formula is C18H23N3O2. The average molecular weight is 313 g/mol. The highest BCUT2D eigenvalue weighted by Gasteiger charge is 2.26. The topological polar surface area (TPSA) is 56.1 Å². The summed E-state index contributed by atoms with van der Waals surface area (Å²) >= 11 is 0. The Hall–Kier alpha value is -2.30. The van der Waals surface area contributed by atoms with Crippen molar-refractivity contribution in [1.29, 1.82) is 0 Å². The highest BCUT2D eigenvalue weighted by Crippen LogP contribution is 2.32. The Bertz CT molecular complexity index is 682. The number of carbonyl (C=O) groups excluding carboxylic acids is 1. The fourth-order valence-electron chi connectivity index (χ4n) is 2.29. The number of benzene rings is 1. The second kappa shape index (κ2) is 6.07. The summed E-state index contributed by atoms with van der Waals surface area (Å²) in [4.78, 5) is 12.1. The maximum Gasteiger partial charge on any atom is 0.418 e. The fourth-order valence-corrected chi connectivity index (χ4v) is 2.29. The molecule has 1 aliphatic carbocycles. The van der Waals surface area contributed by atoms with E-state index < -0.39 is 6.09 Å². The predicted octanol–water partition coefficient (Wildman–Crippen LogP) is 4.20. The van der Waals surface area contributed by atoms with Gasteiger partial charge in [0.15, 0.2) is 0 Å². The first-order chi connectivity index (χ1) is 10.9. The number of aromatic nitrogens is 2. The normalized spacial score (nSPS) is 14.6. The first-order valence-corrected chi connectivity index (χ1v) is 8.04. The summed E-state index contributed by atoms with van der Waals surface area (Å²) in [6.45, 7) is 7.19. The van der Waals surface area contributed by atoms with Gasteiger partial charge in [0.2, 0.25) is 0 Å². The third-order valence-corrected chi connectivity index (χ3v) is 3.86. The molecule has 0 unspecified atom stereocenters. The molecule has 0 spiro atoms. The molecule has 2 aromatic rings. The molecule has 0 bridgehead atoms. The molecule has 3 rings (SSSR count). The van der Waals surface area contributed by atoms with Crippen molar-refractivity contribution >= 4 is 11.9 Å². The minimum Gasteiger partial charge on any atom is -0.410 e. The van der Waals surface area contributed by atoms with Gasteiger partial charge in [-0.2, -0.15) is 5.10 Å². The van der Waals surface area contributed by atoms with Crippen molar-refractivity contribution in [3.63, 3.8) is 0 Å². The smallest absolute Gasteiger partial charge is 0.410 e. The quantitative estimate of drug-likeness (QED) is 0.920. The number of para-hydroxylation sites is 1. The van der Waals surface area contributed by atoms with Gasteiger partial charge in [0.1, 0.15) is 11.6 Å². The van der Waals surface area contributed by atoms with Crippen molar-refractivity contribution in [1.82, 2.24) is 9.78 Å². The van der Waals surface area contributed by atoms with Crippen LogP contribution >= 0.6 is 0 Å². The van der Waals surface area contributed by atoms with E-state index in [9.17, 15) is 4.79 Å². The zero-order valence-corrected chi connectivity index (χ0v) is 13.9. The van der Waals surface area contributed by atoms with Gasteiger partial charge >= 0.3 is 6.09 Å². The van der Waals surface area contributed by atoms with Crippen LogP contribution in [0.5, 0.6) is 5.75 Å². The molecular weight excluding hydrogens is 290 g/mol. The summed E-state index contributed by atoms with van der Waals surface area (Å²) in [7, 11) is 0. The van der Waals surface area contributed by atoms with Crippen LogP contribution in [-0.2, 0) is 12.0 Å². The highest BCUT2D eigenvalue weighted by atomic mass is 16.6. The Balaban J connectivity index is 1.74. The average Bonchev–Trinajstić information content (AvgIpc) is 3.20. The van der Waals surface area contributed by atoms with Gasteiger partial charge < -0.3 is 4.74 Å². The molecule has 5 heteroatoms. The first-order valence-electron chi connectivity index (χ1n) is 8.04. The molecule has 23 heavy (non-hydrogen) atoms. The zero-order valence-electron chi connectivity index (χ0n) is 13.9. The maximum absolute atomic E-state index is 12.1. The summed E-state index contributed by atoms with van der Waals surface area (Å²) in [6, 6.07) is 11.0. The number of nitrogens with one attached hydrogen (secondary N) is 1. The van der Waals surface area contributed by atoms with Gasteiger partial charge in [-0.1, -0.05) is 39.0 Å². The Labute approximate surface area is 136 Å². The van der Waals surface area contributed by atoms with Crippen LogP contribution in [0.3, 0.4) is 0 Å². The van der Waals surface area contributed by atoms with Crippen LogP contribution < -0.4 is 10.1 Å². The number of amides is 1. The zero-order chi connectivity index (χ0) is 16.4. The molecule has 1 aliphatic rings. The Morgan fingerprint density at radius 2 is 2.00 bits per heavy atom. The van der Waals surface area contributed by atoms with E-state index in [0.29, 0.717) is 17.5 Å². The molecule has 0 atom stereocenters. The minimum absolute atomic E-state index is 0.0609. The maximum atomic E-state index is 12.1. The van der Waals surface area contributed by atoms with E-state index in [0.717, 1.165) is 12.2 Å². The van der Waals surface area contributed by atoms with Gasteiger partial charge in [-0.25, -0.2) is 9.48 Å². The van der Waals surface area contributed by atoms with Crippen molar-refractivity contribution in [3.8, 4) is 5.75 Å². The number of rotatable bonds is 4. The van der Waals surface area contributed by atoms with Crippen LogP contribution in [0.15, 0.2) is 36.4 Å². The molecule has 1 N–H and O–H groups in total. The molecule has 1 amide bonds. The molecule has 1 heterocycles. The van der Waals surface area contributed by atoms with E-state index in [1.165, 1.54) is 12.8 Å². The number of nitrogens with zero attached hydrogens (tertiary/aromatic N) is 2. The van der Waals surface area contributed by atoms with E-state index in [-0.39, 0.29) is 5.41 Å². The molecule has 1 saturated carbocycles. The second-order valence-corrected chi connectivity index (χ2v) is 7.12. The second-order valence-electron chi connectivity index (χ2n) is 7.12. The van der Waals surface area contributed by atoms with Crippen molar-refractivity contribution in [2.45, 2.75) is 45.6 Å². The van der Waals surface area contributed by atoms with E-state index in [1.807, 2.05) is 28.9 Å². The van der Waals surface area contributed by atoms with Crippen LogP contribution in [0.2, 0.25) is 0 Å². The first kappa shape index (κ1) is 15.6. The lowest BCUT2D eigenvalue weighted by molar-refractivity contribution is 0.215. The number of anilines is 1. The third-order valence-electron chi connectivity index (χ3n) is 3.86. The summed E-state index contributed by atoms with van der Waals surface area (Å²) in [6.07, 6.45) is 1.98. The molecule has 122 valence electrons. The lowest BCUT2D eigenvalue weighted by Gasteiger charge is -2.14. The highest BCUT2D eigenvalue weighted by molar-refractivity contribution is 5.85. The van der Waals surface area contributed by atoms with Crippen LogP contribution in [0.4, 0.5) is 10.6 Å². The number of ether oxygens (including phenoxy) is 1. The summed E-state index contributed by atoms with van der Waals surface area (Å²) < 4.78 is 7.19. The van der Waals surface area contributed by atoms with Crippen molar-refractivity contribution < 1.29 is 9.53 Å². The Morgan fingerprint density at radius 3 is 2.61 bits per heavy atom. The van der Waals surface area contributed by atoms with Gasteiger partial charge in [0.05, 0.1) is 5.69 Å². The Morgan fingerprint density at radius 1 is 1.30 bits per heavy atom. The van der Waals surface area contributed by atoms with Gasteiger partial charge in [-0.3, -0.25) is 5.32 Å². The van der Waals surface area contributed by atoms with Crippen LogP contribution in [-0.4, -0.2) is 15.9 Å². The third kappa shape index (κ3) is 4.12.